The largest absolute Gasteiger partial charge is 0.480 e. The Bertz CT molecular complexity index is 696. The minimum Gasteiger partial charge on any atom is -0.480 e. The van der Waals surface area contributed by atoms with Crippen LogP contribution in [0.5, 0.6) is 0 Å². The van der Waals surface area contributed by atoms with Crippen molar-refractivity contribution >= 4 is 17.0 Å². The second-order valence-corrected chi connectivity index (χ2v) is 7.26. The molecule has 2 aromatic rings. The van der Waals surface area contributed by atoms with E-state index in [2.05, 4.69) is 0 Å². The van der Waals surface area contributed by atoms with Gasteiger partial charge in [0.05, 0.1) is 11.0 Å². The van der Waals surface area contributed by atoms with Crippen LogP contribution in [-0.4, -0.2) is 20.6 Å². The van der Waals surface area contributed by atoms with Crippen molar-refractivity contribution < 1.29 is 9.90 Å². The molecule has 0 amide bonds. The van der Waals surface area contributed by atoms with Crippen LogP contribution in [0.15, 0.2) is 24.3 Å². The normalized spacial score (nSPS) is 16.8. The van der Waals surface area contributed by atoms with Crippen LogP contribution in [0.1, 0.15) is 58.2 Å². The summed E-state index contributed by atoms with van der Waals surface area (Å²) in [5.41, 5.74) is 0.817. The molecule has 0 saturated heterocycles. The number of hydrogen-bond acceptors (Lipinski definition) is 2. The van der Waals surface area contributed by atoms with Gasteiger partial charge in [-0.05, 0) is 38.3 Å². The van der Waals surface area contributed by atoms with E-state index in [0.29, 0.717) is 0 Å². The molecule has 1 fully saturated rings. The van der Waals surface area contributed by atoms with Gasteiger partial charge in [0.15, 0.2) is 0 Å². The van der Waals surface area contributed by atoms with E-state index in [1.54, 1.807) is 13.8 Å². The predicted octanol–water partition coefficient (Wildman–Crippen LogP) is 4.37. The van der Waals surface area contributed by atoms with E-state index in [9.17, 15) is 9.90 Å². The molecule has 4 nitrogen and oxygen atoms in total. The molecule has 1 aromatic carbocycles. The van der Waals surface area contributed by atoms with Crippen molar-refractivity contribution in [3.8, 4) is 0 Å². The number of hydrogen-bond donors (Lipinski definition) is 1. The molecule has 124 valence electrons. The molecule has 0 atom stereocenters. The number of aryl methyl sites for hydroxylation is 1. The lowest BCUT2D eigenvalue weighted by Crippen LogP contribution is -2.36. The van der Waals surface area contributed by atoms with E-state index in [1.165, 1.54) is 32.1 Å². The maximum atomic E-state index is 11.8. The molecule has 23 heavy (non-hydrogen) atoms. The lowest BCUT2D eigenvalue weighted by molar-refractivity contribution is -0.145. The van der Waals surface area contributed by atoms with E-state index in [4.69, 9.17) is 4.98 Å². The first-order valence-corrected chi connectivity index (χ1v) is 8.70. The quantitative estimate of drug-likeness (QED) is 0.891. The summed E-state index contributed by atoms with van der Waals surface area (Å²) in [6.07, 6.45) is 8.62. The fourth-order valence-corrected chi connectivity index (χ4v) is 3.77. The standard InChI is InChI=1S/C19H26N2O2/c1-19(2,18(22)23)21-16-11-7-6-10-15(16)20-17(21)13-12-14-8-4-3-5-9-14/h6-7,10-11,14H,3-5,8-9,12-13H2,1-2H3,(H,22,23). The molecular formula is C19H26N2O2. The number of benzene rings is 1. The first-order valence-electron chi connectivity index (χ1n) is 8.70. The number of aromatic nitrogens is 2. The highest BCUT2D eigenvalue weighted by Gasteiger charge is 2.33. The van der Waals surface area contributed by atoms with Crippen LogP contribution in [0.4, 0.5) is 0 Å². The van der Waals surface area contributed by atoms with Crippen LogP contribution in [0.25, 0.3) is 11.0 Å². The fraction of sp³-hybridized carbons (Fsp3) is 0.579. The van der Waals surface area contributed by atoms with Crippen molar-refractivity contribution in [3.63, 3.8) is 0 Å². The molecular weight excluding hydrogens is 288 g/mol. The molecule has 0 unspecified atom stereocenters. The summed E-state index contributed by atoms with van der Waals surface area (Å²) in [5.74, 6) is 0.855. The number of carboxylic acid groups (broad SMARTS) is 1. The average Bonchev–Trinajstić information content (AvgIpc) is 2.92. The molecule has 1 aromatic heterocycles. The van der Waals surface area contributed by atoms with Crippen molar-refractivity contribution in [2.45, 2.75) is 64.3 Å². The van der Waals surface area contributed by atoms with Crippen molar-refractivity contribution in [1.82, 2.24) is 9.55 Å². The van der Waals surface area contributed by atoms with Gasteiger partial charge in [0.25, 0.3) is 0 Å². The molecule has 1 aliphatic rings. The number of rotatable bonds is 5. The van der Waals surface area contributed by atoms with Gasteiger partial charge in [0.2, 0.25) is 0 Å². The second kappa shape index (κ2) is 6.34. The number of carboxylic acids is 1. The van der Waals surface area contributed by atoms with Crippen molar-refractivity contribution in [1.29, 1.82) is 0 Å². The van der Waals surface area contributed by atoms with Crippen LogP contribution in [0.2, 0.25) is 0 Å². The minimum atomic E-state index is -0.988. The minimum absolute atomic E-state index is 0.768. The van der Waals surface area contributed by atoms with Gasteiger partial charge in [-0.25, -0.2) is 9.78 Å². The summed E-state index contributed by atoms with van der Waals surface area (Å²) in [5, 5.41) is 9.67. The zero-order valence-corrected chi connectivity index (χ0v) is 14.1. The van der Waals surface area contributed by atoms with Gasteiger partial charge in [0, 0.05) is 6.42 Å². The Hall–Kier alpha value is -1.84. The van der Waals surface area contributed by atoms with Crippen LogP contribution in [-0.2, 0) is 16.8 Å². The predicted molar refractivity (Wildman–Crippen MR) is 91.6 cm³/mol. The molecule has 1 heterocycles. The summed E-state index contributed by atoms with van der Waals surface area (Å²) in [7, 11) is 0. The molecule has 4 heteroatoms. The summed E-state index contributed by atoms with van der Waals surface area (Å²) in [6, 6.07) is 7.84. The van der Waals surface area contributed by atoms with E-state index < -0.39 is 11.5 Å². The third-order valence-electron chi connectivity index (χ3n) is 5.21. The Kier molecular flexibility index (Phi) is 4.42. The molecule has 1 aliphatic carbocycles. The van der Waals surface area contributed by atoms with Crippen molar-refractivity contribution in [2.75, 3.05) is 0 Å². The molecule has 0 aliphatic heterocycles. The van der Waals surface area contributed by atoms with Crippen LogP contribution >= 0.6 is 0 Å². The highest BCUT2D eigenvalue weighted by molar-refractivity contribution is 5.82. The summed E-state index contributed by atoms with van der Waals surface area (Å²) >= 11 is 0. The Morgan fingerprint density at radius 1 is 1.26 bits per heavy atom. The lowest BCUT2D eigenvalue weighted by Gasteiger charge is -2.26. The number of aliphatic carboxylic acids is 1. The molecule has 3 rings (SSSR count). The summed E-state index contributed by atoms with van der Waals surface area (Å²) in [6.45, 7) is 3.52. The Morgan fingerprint density at radius 3 is 2.65 bits per heavy atom. The number of para-hydroxylation sites is 2. The Balaban J connectivity index is 1.93. The summed E-state index contributed by atoms with van der Waals surface area (Å²) < 4.78 is 1.92. The number of imidazole rings is 1. The zero-order valence-electron chi connectivity index (χ0n) is 14.1. The maximum Gasteiger partial charge on any atom is 0.329 e. The van der Waals surface area contributed by atoms with Crippen LogP contribution in [0, 0.1) is 5.92 Å². The zero-order chi connectivity index (χ0) is 16.4. The van der Waals surface area contributed by atoms with Crippen LogP contribution in [0.3, 0.4) is 0 Å². The SMILES string of the molecule is CC(C)(C(=O)O)n1c(CCC2CCCCC2)nc2ccccc21. The highest BCUT2D eigenvalue weighted by atomic mass is 16.4. The molecule has 0 radical (unpaired) electrons. The van der Waals surface area contributed by atoms with E-state index in [1.807, 2.05) is 28.8 Å². The second-order valence-electron chi connectivity index (χ2n) is 7.26. The molecule has 1 N–H and O–H groups in total. The fourth-order valence-electron chi connectivity index (χ4n) is 3.77. The summed E-state index contributed by atoms with van der Waals surface area (Å²) in [4.78, 5) is 16.5. The van der Waals surface area contributed by atoms with E-state index >= 15 is 0 Å². The molecule has 0 bridgehead atoms. The van der Waals surface area contributed by atoms with Crippen LogP contribution < -0.4 is 0 Å². The number of fused-ring (bicyclic) bond motifs is 1. The van der Waals surface area contributed by atoms with E-state index in [0.717, 1.165) is 35.6 Å². The van der Waals surface area contributed by atoms with Crippen molar-refractivity contribution in [2.24, 2.45) is 5.92 Å². The Labute approximate surface area is 137 Å². The topological polar surface area (TPSA) is 55.1 Å². The third-order valence-corrected chi connectivity index (χ3v) is 5.21. The average molecular weight is 314 g/mol. The van der Waals surface area contributed by atoms with Gasteiger partial charge < -0.3 is 9.67 Å². The van der Waals surface area contributed by atoms with Gasteiger partial charge in [-0.15, -0.1) is 0 Å². The van der Waals surface area contributed by atoms with Gasteiger partial charge in [0.1, 0.15) is 11.4 Å². The van der Waals surface area contributed by atoms with Gasteiger partial charge in [-0.2, -0.15) is 0 Å². The monoisotopic (exact) mass is 314 g/mol. The third kappa shape index (κ3) is 3.12. The van der Waals surface area contributed by atoms with Crippen molar-refractivity contribution in [3.05, 3.63) is 30.1 Å². The number of carbonyl (C=O) groups is 1. The van der Waals surface area contributed by atoms with Gasteiger partial charge >= 0.3 is 5.97 Å². The maximum absolute atomic E-state index is 11.8. The van der Waals surface area contributed by atoms with E-state index in [-0.39, 0.29) is 0 Å². The first-order chi connectivity index (χ1) is 11.0. The lowest BCUT2D eigenvalue weighted by atomic mass is 9.86. The highest BCUT2D eigenvalue weighted by Crippen LogP contribution is 2.30. The Morgan fingerprint density at radius 2 is 1.96 bits per heavy atom. The molecule has 1 saturated carbocycles. The van der Waals surface area contributed by atoms with Gasteiger partial charge in [-0.1, -0.05) is 44.2 Å². The first kappa shape index (κ1) is 16.0. The van der Waals surface area contributed by atoms with Gasteiger partial charge in [-0.3, -0.25) is 0 Å². The number of nitrogens with zero attached hydrogens (tertiary/aromatic N) is 2. The molecule has 0 spiro atoms. The smallest absolute Gasteiger partial charge is 0.329 e.